The van der Waals surface area contributed by atoms with Gasteiger partial charge in [0.2, 0.25) is 0 Å². The smallest absolute Gasteiger partial charge is 0.380 e. The molecule has 0 amide bonds. The molecule has 0 saturated heterocycles. The molecule has 106 valence electrons. The summed E-state index contributed by atoms with van der Waals surface area (Å²) in [5, 5.41) is 0. The topological polar surface area (TPSA) is 63.2 Å². The zero-order valence-corrected chi connectivity index (χ0v) is 11.5. The number of ether oxygens (including phenoxy) is 3. The van der Waals surface area contributed by atoms with E-state index in [0.29, 0.717) is 18.1 Å². The summed E-state index contributed by atoms with van der Waals surface area (Å²) in [4.78, 5) is 21.6. The first-order valence-electron chi connectivity index (χ1n) is 5.71. The summed E-state index contributed by atoms with van der Waals surface area (Å²) in [6.45, 7) is 2.03. The summed E-state index contributed by atoms with van der Waals surface area (Å²) in [5.74, 6) is 0.0249. The highest BCUT2D eigenvalue weighted by Gasteiger charge is 2.21. The molecule has 19 heavy (non-hydrogen) atoms. The Kier molecular flexibility index (Phi) is 6.11. The molecule has 0 N–H and O–H groups in total. The SMILES string of the molecule is COCC(C)OOC(=O)c1c(OC)cccc1OC. The van der Waals surface area contributed by atoms with E-state index < -0.39 is 5.97 Å². The second kappa shape index (κ2) is 7.60. The number of methoxy groups -OCH3 is 3. The Balaban J connectivity index is 2.81. The molecule has 0 aliphatic rings. The number of benzene rings is 1. The number of rotatable bonds is 7. The largest absolute Gasteiger partial charge is 0.496 e. The van der Waals surface area contributed by atoms with Crippen molar-refractivity contribution in [2.75, 3.05) is 27.9 Å². The molecule has 1 rings (SSSR count). The van der Waals surface area contributed by atoms with Crippen molar-refractivity contribution >= 4 is 5.97 Å². The average molecular weight is 270 g/mol. The lowest BCUT2D eigenvalue weighted by Gasteiger charge is -2.13. The lowest BCUT2D eigenvalue weighted by molar-refractivity contribution is -0.277. The maximum atomic E-state index is 12.0. The monoisotopic (exact) mass is 270 g/mol. The van der Waals surface area contributed by atoms with E-state index in [1.54, 1.807) is 25.1 Å². The third-order valence-corrected chi connectivity index (χ3v) is 2.32. The average Bonchev–Trinajstić information content (AvgIpc) is 2.44. The van der Waals surface area contributed by atoms with Gasteiger partial charge in [0.1, 0.15) is 23.2 Å². The number of carbonyl (C=O) groups is 1. The third-order valence-electron chi connectivity index (χ3n) is 2.32. The van der Waals surface area contributed by atoms with Gasteiger partial charge in [-0.15, -0.1) is 0 Å². The fourth-order valence-corrected chi connectivity index (χ4v) is 1.48. The maximum Gasteiger partial charge on any atom is 0.380 e. The van der Waals surface area contributed by atoms with Gasteiger partial charge in [0.25, 0.3) is 0 Å². The molecule has 0 radical (unpaired) electrons. The number of hydrogen-bond acceptors (Lipinski definition) is 6. The van der Waals surface area contributed by atoms with Gasteiger partial charge in [-0.3, -0.25) is 4.89 Å². The molecule has 1 unspecified atom stereocenters. The van der Waals surface area contributed by atoms with E-state index in [-0.39, 0.29) is 11.7 Å². The fourth-order valence-electron chi connectivity index (χ4n) is 1.48. The number of carbonyl (C=O) groups excluding carboxylic acids is 1. The van der Waals surface area contributed by atoms with Crippen molar-refractivity contribution in [3.8, 4) is 11.5 Å². The van der Waals surface area contributed by atoms with Gasteiger partial charge in [0.05, 0.1) is 20.8 Å². The highest BCUT2D eigenvalue weighted by molar-refractivity contribution is 5.95. The Morgan fingerprint density at radius 3 is 2.21 bits per heavy atom. The van der Waals surface area contributed by atoms with Crippen LogP contribution in [0, 0.1) is 0 Å². The van der Waals surface area contributed by atoms with Crippen LogP contribution in [-0.2, 0) is 14.5 Å². The van der Waals surface area contributed by atoms with Gasteiger partial charge in [-0.2, -0.15) is 4.89 Å². The van der Waals surface area contributed by atoms with Crippen LogP contribution in [0.25, 0.3) is 0 Å². The molecule has 6 heteroatoms. The predicted octanol–water partition coefficient (Wildman–Crippen LogP) is 1.83. The Bertz CT molecular complexity index is 395. The predicted molar refractivity (Wildman–Crippen MR) is 67.4 cm³/mol. The quantitative estimate of drug-likeness (QED) is 0.556. The van der Waals surface area contributed by atoms with Crippen molar-refractivity contribution in [1.29, 1.82) is 0 Å². The minimum Gasteiger partial charge on any atom is -0.496 e. The molecule has 0 spiro atoms. The van der Waals surface area contributed by atoms with Crippen molar-refractivity contribution in [2.24, 2.45) is 0 Å². The first-order chi connectivity index (χ1) is 9.13. The van der Waals surface area contributed by atoms with Crippen LogP contribution in [0.15, 0.2) is 18.2 Å². The Morgan fingerprint density at radius 1 is 1.16 bits per heavy atom. The van der Waals surface area contributed by atoms with Gasteiger partial charge < -0.3 is 14.2 Å². The Labute approximate surface area is 112 Å². The summed E-state index contributed by atoms with van der Waals surface area (Å²) in [7, 11) is 4.45. The van der Waals surface area contributed by atoms with Crippen molar-refractivity contribution in [2.45, 2.75) is 13.0 Å². The van der Waals surface area contributed by atoms with E-state index in [2.05, 4.69) is 0 Å². The molecule has 1 aromatic carbocycles. The van der Waals surface area contributed by atoms with Crippen LogP contribution in [0.5, 0.6) is 11.5 Å². The van der Waals surface area contributed by atoms with Crippen LogP contribution in [0.3, 0.4) is 0 Å². The van der Waals surface area contributed by atoms with E-state index >= 15 is 0 Å². The molecule has 0 aliphatic heterocycles. The van der Waals surface area contributed by atoms with E-state index in [4.69, 9.17) is 24.0 Å². The maximum absolute atomic E-state index is 12.0. The van der Waals surface area contributed by atoms with Crippen molar-refractivity contribution in [3.63, 3.8) is 0 Å². The van der Waals surface area contributed by atoms with Crippen molar-refractivity contribution < 1.29 is 28.8 Å². The van der Waals surface area contributed by atoms with Gasteiger partial charge >= 0.3 is 5.97 Å². The van der Waals surface area contributed by atoms with E-state index in [9.17, 15) is 4.79 Å². The highest BCUT2D eigenvalue weighted by Crippen LogP contribution is 2.28. The lowest BCUT2D eigenvalue weighted by Crippen LogP contribution is -2.18. The molecule has 0 aromatic heterocycles. The highest BCUT2D eigenvalue weighted by atomic mass is 17.2. The molecule has 0 fully saturated rings. The molecule has 0 bridgehead atoms. The molecular weight excluding hydrogens is 252 g/mol. The molecule has 6 nitrogen and oxygen atoms in total. The zero-order chi connectivity index (χ0) is 14.3. The molecule has 1 aromatic rings. The van der Waals surface area contributed by atoms with Gasteiger partial charge in [0, 0.05) is 7.11 Å². The van der Waals surface area contributed by atoms with E-state index in [0.717, 1.165) is 0 Å². The summed E-state index contributed by atoms with van der Waals surface area (Å²) in [6, 6.07) is 4.98. The van der Waals surface area contributed by atoms with Gasteiger partial charge in [0.15, 0.2) is 0 Å². The fraction of sp³-hybridized carbons (Fsp3) is 0.462. The summed E-state index contributed by atoms with van der Waals surface area (Å²) >= 11 is 0. The first-order valence-corrected chi connectivity index (χ1v) is 5.71. The molecular formula is C13H18O6. The van der Waals surface area contributed by atoms with Crippen LogP contribution in [-0.4, -0.2) is 40.0 Å². The van der Waals surface area contributed by atoms with Crippen LogP contribution in [0.4, 0.5) is 0 Å². The summed E-state index contributed by atoms with van der Waals surface area (Å²) < 4.78 is 15.1. The first kappa shape index (κ1) is 15.3. The number of hydrogen-bond donors (Lipinski definition) is 0. The van der Waals surface area contributed by atoms with Gasteiger partial charge in [-0.25, -0.2) is 4.79 Å². The Morgan fingerprint density at radius 2 is 1.74 bits per heavy atom. The van der Waals surface area contributed by atoms with Crippen LogP contribution in [0.1, 0.15) is 17.3 Å². The second-order valence-electron chi connectivity index (χ2n) is 3.77. The van der Waals surface area contributed by atoms with E-state index in [1.807, 2.05) is 0 Å². The second-order valence-corrected chi connectivity index (χ2v) is 3.77. The lowest BCUT2D eigenvalue weighted by atomic mass is 10.2. The normalized spacial score (nSPS) is 11.8. The molecule has 0 saturated carbocycles. The van der Waals surface area contributed by atoms with Crippen LogP contribution >= 0.6 is 0 Å². The summed E-state index contributed by atoms with van der Waals surface area (Å²) in [5.41, 5.74) is 0.178. The molecule has 1 atom stereocenters. The van der Waals surface area contributed by atoms with Crippen LogP contribution < -0.4 is 9.47 Å². The standard InChI is InChI=1S/C13H18O6/c1-9(8-15-2)18-19-13(14)12-10(16-3)6-5-7-11(12)17-4/h5-7,9H,8H2,1-4H3. The third kappa shape index (κ3) is 4.11. The van der Waals surface area contributed by atoms with E-state index in [1.165, 1.54) is 21.3 Å². The van der Waals surface area contributed by atoms with Crippen molar-refractivity contribution in [3.05, 3.63) is 23.8 Å². The minimum absolute atomic E-state index is 0.178. The molecule has 0 aliphatic carbocycles. The Hall–Kier alpha value is -1.79. The van der Waals surface area contributed by atoms with Gasteiger partial charge in [-0.1, -0.05) is 6.07 Å². The van der Waals surface area contributed by atoms with Crippen LogP contribution in [0.2, 0.25) is 0 Å². The molecule has 0 heterocycles. The summed E-state index contributed by atoms with van der Waals surface area (Å²) in [6.07, 6.45) is -0.366. The van der Waals surface area contributed by atoms with Gasteiger partial charge in [-0.05, 0) is 19.1 Å². The zero-order valence-electron chi connectivity index (χ0n) is 11.5. The minimum atomic E-state index is -0.683. The van der Waals surface area contributed by atoms with Crippen molar-refractivity contribution in [1.82, 2.24) is 0 Å².